The van der Waals surface area contributed by atoms with E-state index in [2.05, 4.69) is 46.8 Å². The molecule has 36 heavy (non-hydrogen) atoms. The number of hydrogen-bond donors (Lipinski definition) is 3. The van der Waals surface area contributed by atoms with E-state index in [1.807, 2.05) is 19.1 Å². The zero-order valence-corrected chi connectivity index (χ0v) is 21.0. The van der Waals surface area contributed by atoms with Gasteiger partial charge in [0.2, 0.25) is 11.9 Å². The average Bonchev–Trinajstić information content (AvgIpc) is 2.87. The predicted molar refractivity (Wildman–Crippen MR) is 141 cm³/mol. The Kier molecular flexibility index (Phi) is 7.45. The molecule has 0 fully saturated rings. The van der Waals surface area contributed by atoms with Gasteiger partial charge in [0, 0.05) is 46.9 Å². The van der Waals surface area contributed by atoms with E-state index < -0.39 is 11.7 Å². The molecule has 0 spiro atoms. The molecule has 0 saturated carbocycles. The number of hydrogen-bond acceptors (Lipinski definition) is 7. The molecular weight excluding hydrogens is 524 g/mol. The maximum Gasteiger partial charge on any atom is 0.296 e. The van der Waals surface area contributed by atoms with E-state index in [-0.39, 0.29) is 17.2 Å². The summed E-state index contributed by atoms with van der Waals surface area (Å²) in [5.74, 6) is -1.61. The molecule has 2 amide bonds. The number of pyridine rings is 1. The van der Waals surface area contributed by atoms with Gasteiger partial charge in [0.25, 0.3) is 11.7 Å². The molecule has 9 nitrogen and oxygen atoms in total. The topological polar surface area (TPSA) is 126 Å². The number of carbonyl (C=O) groups excluding carboxylic acids is 3. The molecule has 0 unspecified atom stereocenters. The number of ketones is 1. The number of aromatic nitrogens is 3. The Balaban J connectivity index is 1.54. The lowest BCUT2D eigenvalue weighted by molar-refractivity contribution is -0.114. The van der Waals surface area contributed by atoms with Gasteiger partial charge in [0.05, 0.1) is 16.9 Å². The molecule has 0 aliphatic heterocycles. The van der Waals surface area contributed by atoms with Crippen molar-refractivity contribution in [3.05, 3.63) is 88.8 Å². The second-order valence-electron chi connectivity index (χ2n) is 7.82. The van der Waals surface area contributed by atoms with Crippen molar-refractivity contribution in [2.75, 3.05) is 16.0 Å². The van der Waals surface area contributed by atoms with E-state index in [0.29, 0.717) is 27.5 Å². The zero-order chi connectivity index (χ0) is 25.7. The quantitative estimate of drug-likeness (QED) is 0.217. The molecule has 0 radical (unpaired) electrons. The Morgan fingerprint density at radius 3 is 2.50 bits per heavy atom. The molecule has 180 valence electrons. The van der Waals surface area contributed by atoms with E-state index in [9.17, 15) is 14.4 Å². The van der Waals surface area contributed by atoms with E-state index in [0.717, 1.165) is 11.1 Å². The first-order valence-electron chi connectivity index (χ1n) is 10.8. The molecule has 0 saturated heterocycles. The van der Waals surface area contributed by atoms with E-state index in [1.165, 1.54) is 13.0 Å². The third-order valence-corrected chi connectivity index (χ3v) is 5.59. The Labute approximate surface area is 215 Å². The van der Waals surface area contributed by atoms with Gasteiger partial charge in [0.1, 0.15) is 0 Å². The summed E-state index contributed by atoms with van der Waals surface area (Å²) in [5, 5.41) is 8.36. The fourth-order valence-corrected chi connectivity index (χ4v) is 3.72. The van der Waals surface area contributed by atoms with Crippen LogP contribution in [0, 0.1) is 6.92 Å². The minimum Gasteiger partial charge on any atom is -0.326 e. The van der Waals surface area contributed by atoms with Crippen LogP contribution in [0.25, 0.3) is 11.3 Å². The van der Waals surface area contributed by atoms with Gasteiger partial charge in [-0.1, -0.05) is 22.0 Å². The van der Waals surface area contributed by atoms with E-state index in [4.69, 9.17) is 0 Å². The molecule has 2 aromatic carbocycles. The summed E-state index contributed by atoms with van der Waals surface area (Å²) < 4.78 is 0.600. The predicted octanol–water partition coefficient (Wildman–Crippen LogP) is 5.13. The highest BCUT2D eigenvalue weighted by molar-refractivity contribution is 9.10. The lowest BCUT2D eigenvalue weighted by atomic mass is 10.1. The van der Waals surface area contributed by atoms with Crippen LogP contribution >= 0.6 is 15.9 Å². The number of nitrogens with one attached hydrogen (secondary N) is 3. The van der Waals surface area contributed by atoms with Crippen LogP contribution in [0.15, 0.2) is 77.7 Å². The molecule has 4 aromatic rings. The number of halogens is 1. The van der Waals surface area contributed by atoms with Gasteiger partial charge in [-0.25, -0.2) is 9.97 Å². The summed E-state index contributed by atoms with van der Waals surface area (Å²) in [6, 6.07) is 15.4. The summed E-state index contributed by atoms with van der Waals surface area (Å²) in [4.78, 5) is 50.1. The summed E-state index contributed by atoms with van der Waals surface area (Å²) in [5.41, 5.74) is 3.83. The third-order valence-electron chi connectivity index (χ3n) is 5.10. The van der Waals surface area contributed by atoms with E-state index in [1.54, 1.807) is 55.0 Å². The maximum atomic E-state index is 12.9. The summed E-state index contributed by atoms with van der Waals surface area (Å²) in [7, 11) is 0. The van der Waals surface area contributed by atoms with Crippen molar-refractivity contribution < 1.29 is 14.4 Å². The molecule has 0 atom stereocenters. The van der Waals surface area contributed by atoms with Crippen LogP contribution in [0.4, 0.5) is 23.0 Å². The van der Waals surface area contributed by atoms with Gasteiger partial charge >= 0.3 is 0 Å². The number of nitrogens with zero attached hydrogens (tertiary/aromatic N) is 3. The fraction of sp³-hybridized carbons (Fsp3) is 0.0769. The van der Waals surface area contributed by atoms with Gasteiger partial charge in [-0.05, 0) is 61.0 Å². The number of benzene rings is 2. The molecule has 2 aromatic heterocycles. The van der Waals surface area contributed by atoms with Crippen molar-refractivity contribution >= 4 is 56.5 Å². The second kappa shape index (κ2) is 10.9. The number of amides is 2. The van der Waals surface area contributed by atoms with Gasteiger partial charge in [-0.2, -0.15) is 0 Å². The van der Waals surface area contributed by atoms with Gasteiger partial charge in [0.15, 0.2) is 0 Å². The Morgan fingerprint density at radius 1 is 0.917 bits per heavy atom. The van der Waals surface area contributed by atoms with Crippen LogP contribution in [-0.4, -0.2) is 32.5 Å². The van der Waals surface area contributed by atoms with Crippen LogP contribution in [0.1, 0.15) is 22.8 Å². The molecule has 3 N–H and O–H groups in total. The Hall–Kier alpha value is -4.44. The second-order valence-corrected chi connectivity index (χ2v) is 8.73. The van der Waals surface area contributed by atoms with Crippen LogP contribution in [0.5, 0.6) is 0 Å². The summed E-state index contributed by atoms with van der Waals surface area (Å²) in [6.07, 6.45) is 5.05. The van der Waals surface area contributed by atoms with Crippen molar-refractivity contribution in [2.24, 2.45) is 0 Å². The van der Waals surface area contributed by atoms with Gasteiger partial charge < -0.3 is 16.0 Å². The van der Waals surface area contributed by atoms with Crippen molar-refractivity contribution in [3.63, 3.8) is 0 Å². The van der Waals surface area contributed by atoms with Crippen LogP contribution < -0.4 is 16.0 Å². The highest BCUT2D eigenvalue weighted by Crippen LogP contribution is 2.26. The normalized spacial score (nSPS) is 10.4. The molecule has 10 heteroatoms. The molecule has 2 heterocycles. The minimum absolute atomic E-state index is 0.0724. The third kappa shape index (κ3) is 5.97. The summed E-state index contributed by atoms with van der Waals surface area (Å²) >= 11 is 3.30. The number of rotatable bonds is 7. The molecule has 0 bridgehead atoms. The van der Waals surface area contributed by atoms with Crippen molar-refractivity contribution in [3.8, 4) is 11.3 Å². The van der Waals surface area contributed by atoms with Crippen molar-refractivity contribution in [1.82, 2.24) is 15.0 Å². The highest BCUT2D eigenvalue weighted by atomic mass is 79.9. The monoisotopic (exact) mass is 544 g/mol. The highest BCUT2D eigenvalue weighted by Gasteiger charge is 2.21. The first-order chi connectivity index (χ1) is 17.3. The standard InChI is InChI=1S/C26H21BrN6O3/c1-15-5-7-19(31-25(36)24(35)20-12-18(27)6-8-22(20)30-16(2)34)13-23(15)33-26-29-11-9-21(32-26)17-4-3-10-28-14-17/h3-14H,1-2H3,(H,30,34)(H,31,36)(H,29,32,33). The largest absolute Gasteiger partial charge is 0.326 e. The van der Waals surface area contributed by atoms with Crippen LogP contribution in [-0.2, 0) is 9.59 Å². The zero-order valence-electron chi connectivity index (χ0n) is 19.4. The summed E-state index contributed by atoms with van der Waals surface area (Å²) in [6.45, 7) is 3.22. The lowest BCUT2D eigenvalue weighted by Gasteiger charge is -2.13. The number of Topliss-reactive ketones (excluding diaryl/α,β-unsaturated/α-hetero) is 1. The molecule has 0 aliphatic carbocycles. The average molecular weight is 545 g/mol. The number of aryl methyl sites for hydroxylation is 1. The molecule has 0 aliphatic rings. The van der Waals surface area contributed by atoms with Gasteiger partial charge in [-0.3, -0.25) is 19.4 Å². The lowest BCUT2D eigenvalue weighted by Crippen LogP contribution is -2.24. The first-order valence-corrected chi connectivity index (χ1v) is 11.6. The SMILES string of the molecule is CC(=O)Nc1ccc(Br)cc1C(=O)C(=O)Nc1ccc(C)c(Nc2nccc(-c3cccnc3)n2)c1. The fourth-order valence-electron chi connectivity index (χ4n) is 3.36. The molecular formula is C26H21BrN6O3. The minimum atomic E-state index is -0.843. The smallest absolute Gasteiger partial charge is 0.296 e. The van der Waals surface area contributed by atoms with Crippen LogP contribution in [0.3, 0.4) is 0 Å². The molecule has 4 rings (SSSR count). The Bertz CT molecular complexity index is 1460. The van der Waals surface area contributed by atoms with E-state index >= 15 is 0 Å². The number of anilines is 4. The number of carbonyl (C=O) groups is 3. The van der Waals surface area contributed by atoms with Crippen molar-refractivity contribution in [2.45, 2.75) is 13.8 Å². The maximum absolute atomic E-state index is 12.9. The van der Waals surface area contributed by atoms with Gasteiger partial charge in [-0.15, -0.1) is 0 Å². The van der Waals surface area contributed by atoms with Crippen molar-refractivity contribution in [1.29, 1.82) is 0 Å². The first kappa shape index (κ1) is 24.7. The Morgan fingerprint density at radius 2 is 1.75 bits per heavy atom. The van der Waals surface area contributed by atoms with Crippen LogP contribution in [0.2, 0.25) is 0 Å².